The molecular weight excluding hydrogens is 245 g/mol. The van der Waals surface area contributed by atoms with Crippen LogP contribution < -0.4 is 10.1 Å². The summed E-state index contributed by atoms with van der Waals surface area (Å²) in [6.07, 6.45) is 0.913. The van der Waals surface area contributed by atoms with Gasteiger partial charge in [-0.15, -0.1) is 0 Å². The monoisotopic (exact) mass is 263 g/mol. The molecule has 1 aromatic carbocycles. The largest absolute Gasteiger partial charge is 0.478 e. The highest BCUT2D eigenvalue weighted by Gasteiger charge is 2.11. The molecule has 0 spiro atoms. The van der Waals surface area contributed by atoms with Crippen molar-refractivity contribution in [2.75, 3.05) is 20.2 Å². The van der Waals surface area contributed by atoms with Gasteiger partial charge in [0.1, 0.15) is 5.82 Å². The fraction of sp³-hybridized carbons (Fsp3) is 0.357. The molecule has 0 aliphatic heterocycles. The van der Waals surface area contributed by atoms with E-state index in [0.29, 0.717) is 23.7 Å². The van der Waals surface area contributed by atoms with Crippen molar-refractivity contribution in [2.24, 2.45) is 7.05 Å². The van der Waals surface area contributed by atoms with Crippen molar-refractivity contribution in [3.8, 4) is 17.1 Å². The summed E-state index contributed by atoms with van der Waals surface area (Å²) in [7, 11) is 3.69. The van der Waals surface area contributed by atoms with Gasteiger partial charge < -0.3 is 10.1 Å². The second-order valence-corrected chi connectivity index (χ2v) is 4.28. The Morgan fingerprint density at radius 3 is 2.89 bits per heavy atom. The highest BCUT2D eigenvalue weighted by molar-refractivity contribution is 5.60. The second kappa shape index (κ2) is 6.33. The van der Waals surface area contributed by atoms with Gasteiger partial charge in [0.25, 0.3) is 0 Å². The predicted octanol–water partition coefficient (Wildman–Crippen LogP) is 2.21. The third-order valence-electron chi connectivity index (χ3n) is 2.81. The Labute approximate surface area is 112 Å². The molecule has 102 valence electrons. The highest BCUT2D eigenvalue weighted by atomic mass is 19.1. The average Bonchev–Trinajstić information content (AvgIpc) is 2.77. The third-order valence-corrected chi connectivity index (χ3v) is 2.81. The highest BCUT2D eigenvalue weighted by Crippen LogP contribution is 2.24. The van der Waals surface area contributed by atoms with Crippen LogP contribution in [0.25, 0.3) is 11.3 Å². The fourth-order valence-corrected chi connectivity index (χ4v) is 1.81. The molecule has 2 aromatic rings. The fourth-order valence-electron chi connectivity index (χ4n) is 1.81. The number of aryl methyl sites for hydroxylation is 1. The topological polar surface area (TPSA) is 39.1 Å². The SMILES string of the molecule is CNCCCOc1cc(-c2ccccc2F)nn1C. The standard InChI is InChI=1S/C14H18FN3O/c1-16-8-5-9-19-14-10-13(17-18(14)2)11-6-3-4-7-12(11)15/h3-4,6-7,10,16H,5,8-9H2,1-2H3. The molecule has 0 aliphatic carbocycles. The first kappa shape index (κ1) is 13.5. The van der Waals surface area contributed by atoms with E-state index in [1.807, 2.05) is 7.05 Å². The number of rotatable bonds is 6. The van der Waals surface area contributed by atoms with Crippen LogP contribution in [0.1, 0.15) is 6.42 Å². The van der Waals surface area contributed by atoms with Crippen molar-refractivity contribution in [2.45, 2.75) is 6.42 Å². The molecule has 0 amide bonds. The Bertz CT molecular complexity index is 539. The Balaban J connectivity index is 2.10. The average molecular weight is 263 g/mol. The van der Waals surface area contributed by atoms with Crippen molar-refractivity contribution < 1.29 is 9.13 Å². The number of nitrogens with one attached hydrogen (secondary N) is 1. The zero-order chi connectivity index (χ0) is 13.7. The summed E-state index contributed by atoms with van der Waals surface area (Å²) in [6.45, 7) is 1.51. The van der Waals surface area contributed by atoms with Gasteiger partial charge in [0.2, 0.25) is 5.88 Å². The lowest BCUT2D eigenvalue weighted by Crippen LogP contribution is -2.12. The third kappa shape index (κ3) is 3.32. The zero-order valence-electron chi connectivity index (χ0n) is 11.2. The minimum absolute atomic E-state index is 0.276. The lowest BCUT2D eigenvalue weighted by atomic mass is 10.1. The summed E-state index contributed by atoms with van der Waals surface area (Å²) in [6, 6.07) is 8.36. The van der Waals surface area contributed by atoms with Crippen molar-refractivity contribution in [1.82, 2.24) is 15.1 Å². The maximum atomic E-state index is 13.7. The van der Waals surface area contributed by atoms with Crippen LogP contribution in [-0.2, 0) is 7.05 Å². The molecule has 0 radical (unpaired) electrons. The van der Waals surface area contributed by atoms with Crippen molar-refractivity contribution in [3.63, 3.8) is 0 Å². The van der Waals surface area contributed by atoms with E-state index < -0.39 is 0 Å². The molecule has 0 saturated carbocycles. The Hall–Kier alpha value is -1.88. The van der Waals surface area contributed by atoms with Crippen molar-refractivity contribution >= 4 is 0 Å². The van der Waals surface area contributed by atoms with Crippen LogP contribution in [0.2, 0.25) is 0 Å². The Kier molecular flexibility index (Phi) is 4.52. The molecule has 1 aromatic heterocycles. The first-order valence-corrected chi connectivity index (χ1v) is 6.28. The van der Waals surface area contributed by atoms with Crippen LogP contribution >= 0.6 is 0 Å². The van der Waals surface area contributed by atoms with Crippen LogP contribution in [0.4, 0.5) is 4.39 Å². The lowest BCUT2D eigenvalue weighted by molar-refractivity contribution is 0.284. The zero-order valence-corrected chi connectivity index (χ0v) is 11.2. The van der Waals surface area contributed by atoms with Crippen LogP contribution in [-0.4, -0.2) is 30.0 Å². The molecule has 19 heavy (non-hydrogen) atoms. The molecule has 4 nitrogen and oxygen atoms in total. The molecule has 2 rings (SSSR count). The van der Waals surface area contributed by atoms with Crippen LogP contribution in [0, 0.1) is 5.82 Å². The molecular formula is C14H18FN3O. The van der Waals surface area contributed by atoms with Gasteiger partial charge in [-0.2, -0.15) is 5.10 Å². The number of nitrogens with zero attached hydrogens (tertiary/aromatic N) is 2. The summed E-state index contributed by atoms with van der Waals surface area (Å²) in [5, 5.41) is 7.33. The quantitative estimate of drug-likeness (QED) is 0.812. The smallest absolute Gasteiger partial charge is 0.212 e. The number of benzene rings is 1. The Morgan fingerprint density at radius 1 is 1.37 bits per heavy atom. The molecule has 0 fully saturated rings. The van der Waals surface area contributed by atoms with Crippen molar-refractivity contribution in [3.05, 3.63) is 36.1 Å². The lowest BCUT2D eigenvalue weighted by Gasteiger charge is -2.04. The van der Waals surface area contributed by atoms with Crippen LogP contribution in [0.3, 0.4) is 0 Å². The predicted molar refractivity (Wildman–Crippen MR) is 72.6 cm³/mol. The van der Waals surface area contributed by atoms with E-state index >= 15 is 0 Å². The maximum absolute atomic E-state index is 13.7. The van der Waals surface area contributed by atoms with Crippen LogP contribution in [0.5, 0.6) is 5.88 Å². The molecule has 0 atom stereocenters. The number of ether oxygens (including phenoxy) is 1. The first-order valence-electron chi connectivity index (χ1n) is 6.28. The Morgan fingerprint density at radius 2 is 2.16 bits per heavy atom. The van der Waals surface area contributed by atoms with Gasteiger partial charge in [-0.1, -0.05) is 12.1 Å². The van der Waals surface area contributed by atoms with Gasteiger partial charge in [0.15, 0.2) is 0 Å². The van der Waals surface area contributed by atoms with Gasteiger partial charge >= 0.3 is 0 Å². The van der Waals surface area contributed by atoms with Gasteiger partial charge in [-0.3, -0.25) is 0 Å². The number of hydrogen-bond acceptors (Lipinski definition) is 3. The second-order valence-electron chi connectivity index (χ2n) is 4.28. The maximum Gasteiger partial charge on any atom is 0.212 e. The molecule has 0 bridgehead atoms. The van der Waals surface area contributed by atoms with Gasteiger partial charge in [0, 0.05) is 18.7 Å². The minimum Gasteiger partial charge on any atom is -0.478 e. The first-order chi connectivity index (χ1) is 9.22. The summed E-state index contributed by atoms with van der Waals surface area (Å²) in [5.74, 6) is 0.372. The summed E-state index contributed by atoms with van der Waals surface area (Å²) < 4.78 is 20.9. The van der Waals surface area contributed by atoms with E-state index in [1.165, 1.54) is 6.07 Å². The van der Waals surface area contributed by atoms with E-state index in [9.17, 15) is 4.39 Å². The van der Waals surface area contributed by atoms with Crippen LogP contribution in [0.15, 0.2) is 30.3 Å². The molecule has 1 N–H and O–H groups in total. The van der Waals surface area contributed by atoms with E-state index in [4.69, 9.17) is 4.74 Å². The van der Waals surface area contributed by atoms with E-state index in [2.05, 4.69) is 10.4 Å². The molecule has 0 unspecified atom stereocenters. The summed E-state index contributed by atoms with van der Waals surface area (Å²) in [4.78, 5) is 0. The van der Waals surface area contributed by atoms with Gasteiger partial charge in [0.05, 0.1) is 12.3 Å². The molecule has 0 saturated heterocycles. The van der Waals surface area contributed by atoms with E-state index in [0.717, 1.165) is 13.0 Å². The number of halogens is 1. The van der Waals surface area contributed by atoms with Gasteiger partial charge in [-0.25, -0.2) is 9.07 Å². The number of aromatic nitrogens is 2. The summed E-state index contributed by atoms with van der Waals surface area (Å²) >= 11 is 0. The normalized spacial score (nSPS) is 10.7. The molecule has 5 heteroatoms. The number of hydrogen-bond donors (Lipinski definition) is 1. The molecule has 0 aliphatic rings. The van der Waals surface area contributed by atoms with E-state index in [1.54, 1.807) is 36.0 Å². The summed E-state index contributed by atoms with van der Waals surface area (Å²) in [5.41, 5.74) is 1.08. The minimum atomic E-state index is -0.276. The van der Waals surface area contributed by atoms with Crippen molar-refractivity contribution in [1.29, 1.82) is 0 Å². The molecule has 1 heterocycles. The van der Waals surface area contributed by atoms with E-state index in [-0.39, 0.29) is 5.82 Å². The van der Waals surface area contributed by atoms with Gasteiger partial charge in [-0.05, 0) is 32.1 Å².